The van der Waals surface area contributed by atoms with Gasteiger partial charge in [0.2, 0.25) is 5.89 Å². The molecule has 2 aliphatic rings. The normalized spacial score (nSPS) is 22.4. The Morgan fingerprint density at radius 3 is 2.82 bits per heavy atom. The summed E-state index contributed by atoms with van der Waals surface area (Å²) in [7, 11) is 0. The van der Waals surface area contributed by atoms with Crippen molar-refractivity contribution in [3.63, 3.8) is 0 Å². The van der Waals surface area contributed by atoms with E-state index in [1.54, 1.807) is 0 Å². The van der Waals surface area contributed by atoms with Crippen molar-refractivity contribution in [3.05, 3.63) is 11.7 Å². The molecule has 2 fully saturated rings. The zero-order valence-corrected chi connectivity index (χ0v) is 9.97. The summed E-state index contributed by atoms with van der Waals surface area (Å²) in [4.78, 5) is 4.33. The Hall–Kier alpha value is -0.940. The van der Waals surface area contributed by atoms with Gasteiger partial charge in [0.1, 0.15) is 0 Å². The van der Waals surface area contributed by atoms with Crippen LogP contribution < -0.4 is 5.73 Å². The molecular weight excluding hydrogens is 218 g/mol. The maximum absolute atomic E-state index is 5.97. The van der Waals surface area contributed by atoms with Gasteiger partial charge in [0, 0.05) is 6.42 Å². The Bertz CT molecular complexity index is 372. The Morgan fingerprint density at radius 1 is 1.35 bits per heavy atom. The molecule has 5 nitrogen and oxygen atoms in total. The lowest BCUT2D eigenvalue weighted by Crippen LogP contribution is -2.27. The summed E-state index contributed by atoms with van der Waals surface area (Å²) in [5.74, 6) is 2.06. The molecule has 1 unspecified atom stereocenters. The highest BCUT2D eigenvalue weighted by Gasteiger charge is 2.26. The Labute approximate surface area is 101 Å². The predicted molar refractivity (Wildman–Crippen MR) is 61.2 cm³/mol. The molecule has 0 saturated heterocycles. The first-order valence-electron chi connectivity index (χ1n) is 6.51. The SMILES string of the molecule is NC(COC1CCC1)c1noc(CC2CC2)n1. The minimum absolute atomic E-state index is 0.257. The summed E-state index contributed by atoms with van der Waals surface area (Å²) in [6, 6.07) is -0.257. The Morgan fingerprint density at radius 2 is 2.18 bits per heavy atom. The molecule has 2 aliphatic carbocycles. The lowest BCUT2D eigenvalue weighted by molar-refractivity contribution is -0.00549. The second kappa shape index (κ2) is 4.74. The van der Waals surface area contributed by atoms with Gasteiger partial charge < -0.3 is 15.0 Å². The largest absolute Gasteiger partial charge is 0.376 e. The molecule has 0 aromatic carbocycles. The maximum atomic E-state index is 5.97. The van der Waals surface area contributed by atoms with Crippen molar-refractivity contribution in [1.29, 1.82) is 0 Å². The van der Waals surface area contributed by atoms with Gasteiger partial charge in [-0.3, -0.25) is 0 Å². The smallest absolute Gasteiger partial charge is 0.226 e. The molecule has 0 aliphatic heterocycles. The summed E-state index contributed by atoms with van der Waals surface area (Å²) in [5, 5.41) is 3.93. The van der Waals surface area contributed by atoms with Crippen molar-refractivity contribution in [2.45, 2.75) is 50.7 Å². The topological polar surface area (TPSA) is 74.2 Å². The average molecular weight is 237 g/mol. The van der Waals surface area contributed by atoms with Crippen LogP contribution >= 0.6 is 0 Å². The van der Waals surface area contributed by atoms with Crippen LogP contribution in [-0.4, -0.2) is 22.9 Å². The van der Waals surface area contributed by atoms with Gasteiger partial charge in [-0.1, -0.05) is 5.16 Å². The van der Waals surface area contributed by atoms with E-state index >= 15 is 0 Å². The maximum Gasteiger partial charge on any atom is 0.226 e. The van der Waals surface area contributed by atoms with Crippen LogP contribution in [-0.2, 0) is 11.2 Å². The molecule has 17 heavy (non-hydrogen) atoms. The molecule has 2 N–H and O–H groups in total. The van der Waals surface area contributed by atoms with Crippen molar-refractivity contribution in [3.8, 4) is 0 Å². The Balaban J connectivity index is 1.48. The lowest BCUT2D eigenvalue weighted by atomic mass is 9.96. The van der Waals surface area contributed by atoms with Gasteiger partial charge in [-0.25, -0.2) is 0 Å². The summed E-state index contributed by atoms with van der Waals surface area (Å²) >= 11 is 0. The molecular formula is C12H19N3O2. The van der Waals surface area contributed by atoms with Crippen LogP contribution in [0.4, 0.5) is 0 Å². The highest BCUT2D eigenvalue weighted by atomic mass is 16.5. The van der Waals surface area contributed by atoms with Crippen LogP contribution in [0.2, 0.25) is 0 Å². The monoisotopic (exact) mass is 237 g/mol. The van der Waals surface area contributed by atoms with Crippen LogP contribution in [0.3, 0.4) is 0 Å². The van der Waals surface area contributed by atoms with Crippen LogP contribution in [0, 0.1) is 5.92 Å². The van der Waals surface area contributed by atoms with E-state index in [1.165, 1.54) is 19.3 Å². The fourth-order valence-corrected chi connectivity index (χ4v) is 1.92. The number of nitrogens with two attached hydrogens (primary N) is 1. The van der Waals surface area contributed by atoms with E-state index < -0.39 is 0 Å². The minimum Gasteiger partial charge on any atom is -0.376 e. The molecule has 0 bridgehead atoms. The predicted octanol–water partition coefficient (Wildman–Crippen LogP) is 1.59. The third kappa shape index (κ3) is 2.84. The summed E-state index contributed by atoms with van der Waals surface area (Å²) in [6.45, 7) is 0.493. The van der Waals surface area contributed by atoms with Crippen LogP contribution in [0.1, 0.15) is 49.9 Å². The zero-order valence-electron chi connectivity index (χ0n) is 9.97. The number of rotatable bonds is 6. The van der Waals surface area contributed by atoms with Crippen LogP contribution in [0.5, 0.6) is 0 Å². The van der Waals surface area contributed by atoms with Crippen LogP contribution in [0.25, 0.3) is 0 Å². The number of hydrogen-bond donors (Lipinski definition) is 1. The van der Waals surface area contributed by atoms with Gasteiger partial charge in [0.05, 0.1) is 18.8 Å². The third-order valence-corrected chi connectivity index (χ3v) is 3.54. The average Bonchev–Trinajstić information content (AvgIpc) is 2.92. The van der Waals surface area contributed by atoms with Crippen molar-refractivity contribution < 1.29 is 9.26 Å². The van der Waals surface area contributed by atoms with Gasteiger partial charge in [-0.15, -0.1) is 0 Å². The highest BCUT2D eigenvalue weighted by molar-refractivity contribution is 4.95. The first kappa shape index (κ1) is 11.2. The van der Waals surface area contributed by atoms with Gasteiger partial charge in [0.15, 0.2) is 5.82 Å². The quantitative estimate of drug-likeness (QED) is 0.813. The molecule has 0 amide bonds. The summed E-state index contributed by atoms with van der Waals surface area (Å²) in [5.41, 5.74) is 5.97. The zero-order chi connectivity index (χ0) is 11.7. The van der Waals surface area contributed by atoms with E-state index in [0.29, 0.717) is 18.5 Å². The first-order chi connectivity index (χ1) is 8.31. The van der Waals surface area contributed by atoms with E-state index in [9.17, 15) is 0 Å². The van der Waals surface area contributed by atoms with Gasteiger partial charge >= 0.3 is 0 Å². The second-order valence-corrected chi connectivity index (χ2v) is 5.19. The number of hydrogen-bond acceptors (Lipinski definition) is 5. The fraction of sp³-hybridized carbons (Fsp3) is 0.833. The number of aromatic nitrogens is 2. The van der Waals surface area contributed by atoms with Gasteiger partial charge in [-0.2, -0.15) is 4.98 Å². The van der Waals surface area contributed by atoms with Gasteiger partial charge in [-0.05, 0) is 38.0 Å². The molecule has 1 atom stereocenters. The molecule has 1 aromatic rings. The molecule has 1 heterocycles. The van der Waals surface area contributed by atoms with Crippen molar-refractivity contribution >= 4 is 0 Å². The standard InChI is InChI=1S/C12H19N3O2/c13-10(7-16-9-2-1-3-9)12-14-11(17-15-12)6-8-4-5-8/h8-10H,1-7,13H2. The third-order valence-electron chi connectivity index (χ3n) is 3.54. The van der Waals surface area contributed by atoms with Crippen molar-refractivity contribution in [2.75, 3.05) is 6.61 Å². The highest BCUT2D eigenvalue weighted by Crippen LogP contribution is 2.32. The minimum atomic E-state index is -0.257. The van der Waals surface area contributed by atoms with E-state index in [1.807, 2.05) is 0 Å². The van der Waals surface area contributed by atoms with E-state index in [2.05, 4.69) is 10.1 Å². The second-order valence-electron chi connectivity index (χ2n) is 5.19. The fourth-order valence-electron chi connectivity index (χ4n) is 1.92. The molecule has 0 spiro atoms. The van der Waals surface area contributed by atoms with E-state index in [4.69, 9.17) is 15.0 Å². The number of ether oxygens (including phenoxy) is 1. The first-order valence-corrected chi connectivity index (χ1v) is 6.51. The summed E-state index contributed by atoms with van der Waals surface area (Å²) < 4.78 is 10.8. The van der Waals surface area contributed by atoms with E-state index in [-0.39, 0.29) is 6.04 Å². The molecule has 0 radical (unpaired) electrons. The molecule has 5 heteroatoms. The summed E-state index contributed by atoms with van der Waals surface area (Å²) in [6.07, 6.45) is 7.47. The molecule has 2 saturated carbocycles. The van der Waals surface area contributed by atoms with Crippen molar-refractivity contribution in [1.82, 2.24) is 10.1 Å². The Kier molecular flexibility index (Phi) is 3.11. The molecule has 94 valence electrons. The van der Waals surface area contributed by atoms with Crippen molar-refractivity contribution in [2.24, 2.45) is 11.7 Å². The van der Waals surface area contributed by atoms with E-state index in [0.717, 1.165) is 31.1 Å². The number of nitrogens with zero attached hydrogens (tertiary/aromatic N) is 2. The molecule has 1 aromatic heterocycles. The lowest BCUT2D eigenvalue weighted by Gasteiger charge is -2.26. The van der Waals surface area contributed by atoms with Crippen LogP contribution in [0.15, 0.2) is 4.52 Å². The van der Waals surface area contributed by atoms with Gasteiger partial charge in [0.25, 0.3) is 0 Å². The molecule has 3 rings (SSSR count).